The van der Waals surface area contributed by atoms with E-state index in [2.05, 4.69) is 16.8 Å². The number of anilines is 1. The molecule has 0 atom stereocenters. The first-order valence-electron chi connectivity index (χ1n) is 3.71. The molecule has 0 bridgehead atoms. The fourth-order valence-corrected chi connectivity index (χ4v) is 0.964. The molecule has 1 aromatic rings. The molecule has 0 spiro atoms. The first kappa shape index (κ1) is 10.2. The Balaban J connectivity index is 2.81. The number of nitrogens with zero attached hydrogens (tertiary/aromatic N) is 1. The van der Waals surface area contributed by atoms with E-state index in [4.69, 9.17) is 28.9 Å². The largest absolute Gasteiger partial charge is 0.396 e. The monoisotopic (exact) mass is 214 g/mol. The predicted molar refractivity (Wildman–Crippen MR) is 55.9 cm³/mol. The lowest BCUT2D eigenvalue weighted by molar-refractivity contribution is 1.26. The van der Waals surface area contributed by atoms with Crippen molar-refractivity contribution in [3.8, 4) is 11.8 Å². The van der Waals surface area contributed by atoms with Crippen molar-refractivity contribution in [2.24, 2.45) is 0 Å². The van der Waals surface area contributed by atoms with Crippen molar-refractivity contribution in [3.05, 3.63) is 23.0 Å². The van der Waals surface area contributed by atoms with Gasteiger partial charge in [0, 0.05) is 12.3 Å². The van der Waals surface area contributed by atoms with Crippen LogP contribution in [0.3, 0.4) is 0 Å². The summed E-state index contributed by atoms with van der Waals surface area (Å²) in [7, 11) is 0. The maximum Gasteiger partial charge on any atom is 0.153 e. The number of aromatic nitrogens is 1. The van der Waals surface area contributed by atoms with Crippen LogP contribution in [-0.2, 0) is 0 Å². The topological polar surface area (TPSA) is 38.9 Å². The van der Waals surface area contributed by atoms with Gasteiger partial charge >= 0.3 is 0 Å². The van der Waals surface area contributed by atoms with E-state index in [0.29, 0.717) is 23.7 Å². The van der Waals surface area contributed by atoms with Gasteiger partial charge in [-0.2, -0.15) is 0 Å². The van der Waals surface area contributed by atoms with Gasteiger partial charge in [0.1, 0.15) is 5.69 Å². The minimum atomic E-state index is 0.290. The minimum Gasteiger partial charge on any atom is -0.396 e. The molecule has 0 saturated heterocycles. The first-order chi connectivity index (χ1) is 6.24. The molecular weight excluding hydrogens is 207 g/mol. The quantitative estimate of drug-likeness (QED) is 0.443. The normalized spacial score (nSPS) is 9.08. The Hall–Kier alpha value is -0.910. The Labute approximate surface area is 87.1 Å². The summed E-state index contributed by atoms with van der Waals surface area (Å²) in [6.45, 7) is 0. The van der Waals surface area contributed by atoms with Gasteiger partial charge in [0.25, 0.3) is 0 Å². The molecule has 4 heteroatoms. The van der Waals surface area contributed by atoms with Crippen LogP contribution in [0.2, 0.25) is 5.15 Å². The molecule has 0 aliphatic heterocycles. The molecule has 1 aromatic heterocycles. The second-order valence-electron chi connectivity index (χ2n) is 2.32. The second-order valence-corrected chi connectivity index (χ2v) is 3.05. The van der Waals surface area contributed by atoms with E-state index in [-0.39, 0.29) is 5.15 Å². The lowest BCUT2D eigenvalue weighted by Crippen LogP contribution is -1.90. The molecule has 0 amide bonds. The zero-order chi connectivity index (χ0) is 9.68. The molecule has 0 aromatic carbocycles. The maximum absolute atomic E-state index is 5.70. The van der Waals surface area contributed by atoms with Crippen molar-refractivity contribution < 1.29 is 0 Å². The van der Waals surface area contributed by atoms with Crippen LogP contribution in [0.1, 0.15) is 12.1 Å². The number of hydrogen-bond donors (Lipinski definition) is 1. The van der Waals surface area contributed by atoms with Crippen molar-refractivity contribution in [1.82, 2.24) is 4.98 Å². The average molecular weight is 215 g/mol. The Morgan fingerprint density at radius 3 is 2.85 bits per heavy atom. The highest BCUT2D eigenvalue weighted by Gasteiger charge is 1.96. The van der Waals surface area contributed by atoms with Crippen LogP contribution in [-0.4, -0.2) is 10.9 Å². The van der Waals surface area contributed by atoms with Gasteiger partial charge in [-0.15, -0.1) is 11.6 Å². The molecule has 0 radical (unpaired) electrons. The van der Waals surface area contributed by atoms with Crippen LogP contribution in [0.4, 0.5) is 5.69 Å². The average Bonchev–Trinajstić information content (AvgIpc) is 2.12. The van der Waals surface area contributed by atoms with Gasteiger partial charge in [-0.25, -0.2) is 4.98 Å². The van der Waals surface area contributed by atoms with Crippen LogP contribution in [0.5, 0.6) is 0 Å². The highest BCUT2D eigenvalue weighted by Crippen LogP contribution is 2.14. The first-order valence-corrected chi connectivity index (χ1v) is 4.62. The van der Waals surface area contributed by atoms with Crippen LogP contribution >= 0.6 is 23.2 Å². The smallest absolute Gasteiger partial charge is 0.153 e. The zero-order valence-corrected chi connectivity index (χ0v) is 8.36. The van der Waals surface area contributed by atoms with Crippen LogP contribution in [0, 0.1) is 11.8 Å². The van der Waals surface area contributed by atoms with Gasteiger partial charge in [0.2, 0.25) is 0 Å². The molecule has 0 fully saturated rings. The van der Waals surface area contributed by atoms with Crippen molar-refractivity contribution in [3.63, 3.8) is 0 Å². The summed E-state index contributed by atoms with van der Waals surface area (Å²) in [5, 5.41) is 0.290. The summed E-state index contributed by atoms with van der Waals surface area (Å²) in [4.78, 5) is 3.97. The predicted octanol–water partition coefficient (Wildman–Crippen LogP) is 2.30. The molecule has 0 saturated carbocycles. The number of hydrogen-bond acceptors (Lipinski definition) is 2. The van der Waals surface area contributed by atoms with E-state index in [1.165, 1.54) is 0 Å². The molecule has 2 N–H and O–H groups in total. The van der Waals surface area contributed by atoms with E-state index in [1.807, 2.05) is 0 Å². The number of alkyl halides is 1. The summed E-state index contributed by atoms with van der Waals surface area (Å²) < 4.78 is 0. The molecule has 1 heterocycles. The van der Waals surface area contributed by atoms with E-state index in [1.54, 1.807) is 12.1 Å². The van der Waals surface area contributed by atoms with Crippen LogP contribution in [0.25, 0.3) is 0 Å². The van der Waals surface area contributed by atoms with E-state index >= 15 is 0 Å². The second kappa shape index (κ2) is 4.96. The number of halogens is 2. The van der Waals surface area contributed by atoms with Crippen molar-refractivity contribution >= 4 is 28.9 Å². The zero-order valence-electron chi connectivity index (χ0n) is 6.85. The van der Waals surface area contributed by atoms with Crippen molar-refractivity contribution in [2.45, 2.75) is 6.42 Å². The third-order valence-corrected chi connectivity index (χ3v) is 1.81. The fourth-order valence-electron chi connectivity index (χ4n) is 0.715. The van der Waals surface area contributed by atoms with Gasteiger partial charge in [0.15, 0.2) is 5.15 Å². The Morgan fingerprint density at radius 2 is 2.23 bits per heavy atom. The van der Waals surface area contributed by atoms with Crippen molar-refractivity contribution in [1.29, 1.82) is 0 Å². The number of nitrogens with two attached hydrogens (primary N) is 1. The molecular formula is C9H8Cl2N2. The van der Waals surface area contributed by atoms with Crippen LogP contribution in [0.15, 0.2) is 12.1 Å². The van der Waals surface area contributed by atoms with Crippen molar-refractivity contribution in [2.75, 3.05) is 11.6 Å². The van der Waals surface area contributed by atoms with E-state index < -0.39 is 0 Å². The molecule has 13 heavy (non-hydrogen) atoms. The standard InChI is InChI=1S/C9H8Cl2N2/c10-6-2-1-3-7-4-5-8(12)9(11)13-7/h4-5H,2,6,12H2. The third-order valence-electron chi connectivity index (χ3n) is 1.31. The van der Waals surface area contributed by atoms with Gasteiger partial charge in [0.05, 0.1) is 5.69 Å². The molecule has 68 valence electrons. The molecule has 0 aliphatic rings. The van der Waals surface area contributed by atoms with E-state index in [9.17, 15) is 0 Å². The Morgan fingerprint density at radius 1 is 1.46 bits per heavy atom. The summed E-state index contributed by atoms with van der Waals surface area (Å²) in [5.74, 6) is 6.21. The highest BCUT2D eigenvalue weighted by molar-refractivity contribution is 6.31. The molecule has 1 rings (SSSR count). The Kier molecular flexibility index (Phi) is 3.88. The summed E-state index contributed by atoms with van der Waals surface area (Å²) in [6, 6.07) is 3.41. The Bertz CT molecular complexity index is 352. The fraction of sp³-hybridized carbons (Fsp3) is 0.222. The van der Waals surface area contributed by atoms with Gasteiger partial charge < -0.3 is 5.73 Å². The van der Waals surface area contributed by atoms with Crippen LogP contribution < -0.4 is 5.73 Å². The third kappa shape index (κ3) is 3.14. The van der Waals surface area contributed by atoms with Gasteiger partial charge in [-0.1, -0.05) is 17.5 Å². The summed E-state index contributed by atoms with van der Waals surface area (Å²) >= 11 is 11.2. The summed E-state index contributed by atoms with van der Waals surface area (Å²) in [6.07, 6.45) is 0.644. The lowest BCUT2D eigenvalue weighted by atomic mass is 10.3. The minimum absolute atomic E-state index is 0.290. The molecule has 2 nitrogen and oxygen atoms in total. The summed E-state index contributed by atoms with van der Waals surface area (Å²) in [5.41, 5.74) is 6.56. The van der Waals surface area contributed by atoms with Gasteiger partial charge in [-0.3, -0.25) is 0 Å². The lowest BCUT2D eigenvalue weighted by Gasteiger charge is -1.95. The SMILES string of the molecule is Nc1ccc(C#CCCCl)nc1Cl. The molecule has 0 aliphatic carbocycles. The number of pyridine rings is 1. The van der Waals surface area contributed by atoms with E-state index in [0.717, 1.165) is 0 Å². The number of nitrogen functional groups attached to an aromatic ring is 1. The highest BCUT2D eigenvalue weighted by atomic mass is 35.5. The number of rotatable bonds is 1. The maximum atomic E-state index is 5.70. The van der Waals surface area contributed by atoms with Gasteiger partial charge in [-0.05, 0) is 18.1 Å². The molecule has 0 unspecified atom stereocenters.